The number of hydrogen-bond donors (Lipinski definition) is 0. The summed E-state index contributed by atoms with van der Waals surface area (Å²) in [6.07, 6.45) is 0. The molecule has 0 heterocycles. The molecule has 0 aliphatic rings. The van der Waals surface area contributed by atoms with Gasteiger partial charge in [0.15, 0.2) is 0 Å². The van der Waals surface area contributed by atoms with Crippen molar-refractivity contribution < 1.29 is 46.4 Å². The molecule has 0 unspecified atom stereocenters. The van der Waals surface area contributed by atoms with Crippen molar-refractivity contribution in [1.29, 1.82) is 0 Å². The molecule has 2 rings (SSSR count). The van der Waals surface area contributed by atoms with E-state index in [2.05, 4.69) is 4.13 Å². The monoisotopic (exact) mass is 319 g/mol. The van der Waals surface area contributed by atoms with Crippen molar-refractivity contribution in [3.8, 4) is 0 Å². The molecule has 20 heavy (non-hydrogen) atoms. The predicted molar refractivity (Wildman–Crippen MR) is 70.6 cm³/mol. The molecule has 0 aliphatic carbocycles. The summed E-state index contributed by atoms with van der Waals surface area (Å²) in [5, 5.41) is 0. The van der Waals surface area contributed by atoms with Crippen LogP contribution < -0.4 is 29.6 Å². The first-order chi connectivity index (χ1) is 8.92. The molecule has 0 N–H and O–H groups in total. The Hall–Kier alpha value is -0.700. The van der Waals surface area contributed by atoms with E-state index in [0.29, 0.717) is 0 Å². The number of sulfonamides is 2. The molecule has 0 fully saturated rings. The molecule has 0 aromatic heterocycles. The maximum atomic E-state index is 11.9. The molecular formula is C12H10NNaO4S2. The summed E-state index contributed by atoms with van der Waals surface area (Å²) in [4.78, 5) is -0.316. The summed E-state index contributed by atoms with van der Waals surface area (Å²) in [5.74, 6) is 0. The van der Waals surface area contributed by atoms with Gasteiger partial charge in [-0.05, 0) is 24.3 Å². The number of rotatable bonds is 4. The SMILES string of the molecule is O=S(=O)([N-]S(=O)(=O)c1ccccc1)c1ccccc1.[Na+]. The molecule has 0 saturated heterocycles. The van der Waals surface area contributed by atoms with Gasteiger partial charge in [0.25, 0.3) is 0 Å². The maximum absolute atomic E-state index is 11.9. The molecular weight excluding hydrogens is 309 g/mol. The Morgan fingerprint density at radius 1 is 0.600 bits per heavy atom. The Balaban J connectivity index is 0.00000200. The van der Waals surface area contributed by atoms with E-state index in [-0.39, 0.29) is 39.3 Å². The summed E-state index contributed by atoms with van der Waals surface area (Å²) in [7, 11) is -8.46. The zero-order valence-electron chi connectivity index (χ0n) is 10.7. The predicted octanol–water partition coefficient (Wildman–Crippen LogP) is -0.858. The van der Waals surface area contributed by atoms with Crippen molar-refractivity contribution in [3.05, 3.63) is 64.8 Å². The van der Waals surface area contributed by atoms with Gasteiger partial charge in [0.2, 0.25) is 0 Å². The molecule has 8 heteroatoms. The van der Waals surface area contributed by atoms with Crippen LogP contribution in [0, 0.1) is 0 Å². The molecule has 0 atom stereocenters. The first-order valence-electron chi connectivity index (χ1n) is 5.26. The van der Waals surface area contributed by atoms with E-state index in [4.69, 9.17) is 0 Å². The average molecular weight is 319 g/mol. The third-order valence-electron chi connectivity index (χ3n) is 2.28. The van der Waals surface area contributed by atoms with Crippen LogP contribution in [0.2, 0.25) is 0 Å². The van der Waals surface area contributed by atoms with Crippen molar-refractivity contribution in [2.75, 3.05) is 0 Å². The zero-order chi connectivity index (χ0) is 13.9. The van der Waals surface area contributed by atoms with Crippen LogP contribution in [0.5, 0.6) is 0 Å². The smallest absolute Gasteiger partial charge is 0.428 e. The molecule has 0 radical (unpaired) electrons. The van der Waals surface area contributed by atoms with E-state index in [1.54, 1.807) is 12.1 Å². The van der Waals surface area contributed by atoms with Gasteiger partial charge in [0.1, 0.15) is 20.0 Å². The standard InChI is InChI=1S/C12H10NO4S2.Na/c14-18(15,11-7-3-1-4-8-11)13-19(16,17)12-9-5-2-6-10-12;/h1-10H;/q-1;+1. The van der Waals surface area contributed by atoms with Gasteiger partial charge in [-0.2, -0.15) is 0 Å². The Bertz CT molecular complexity index is 692. The molecule has 100 valence electrons. The molecule has 0 saturated carbocycles. The molecule has 2 aromatic rings. The van der Waals surface area contributed by atoms with Crippen LogP contribution in [0.25, 0.3) is 4.13 Å². The van der Waals surface area contributed by atoms with E-state index in [1.165, 1.54) is 48.5 Å². The minimum absolute atomic E-state index is 0. The average Bonchev–Trinajstić information content (AvgIpc) is 2.40. The second-order valence-electron chi connectivity index (χ2n) is 3.65. The number of hydrogen-bond acceptors (Lipinski definition) is 4. The third kappa shape index (κ3) is 4.15. The molecule has 0 bridgehead atoms. The Labute approximate surface area is 140 Å². The first kappa shape index (κ1) is 17.4. The fraction of sp³-hybridized carbons (Fsp3) is 0. The largest absolute Gasteiger partial charge is 1.00 e. The quantitative estimate of drug-likeness (QED) is 0.687. The fourth-order valence-electron chi connectivity index (χ4n) is 1.40. The number of benzene rings is 2. The summed E-state index contributed by atoms with van der Waals surface area (Å²) < 4.78 is 50.5. The molecule has 2 aromatic carbocycles. The first-order valence-corrected chi connectivity index (χ1v) is 8.14. The topological polar surface area (TPSA) is 82.4 Å². The normalized spacial score (nSPS) is 11.6. The molecule has 5 nitrogen and oxygen atoms in total. The van der Waals surface area contributed by atoms with E-state index < -0.39 is 20.0 Å². The Morgan fingerprint density at radius 2 is 0.900 bits per heavy atom. The van der Waals surface area contributed by atoms with Crippen LogP contribution in [-0.4, -0.2) is 16.8 Å². The minimum atomic E-state index is -4.23. The molecule has 0 amide bonds. The zero-order valence-corrected chi connectivity index (χ0v) is 14.3. The second kappa shape index (κ2) is 6.84. The Kier molecular flexibility index (Phi) is 5.93. The van der Waals surface area contributed by atoms with Crippen molar-refractivity contribution in [1.82, 2.24) is 0 Å². The van der Waals surface area contributed by atoms with Gasteiger partial charge in [0.05, 0.1) is 0 Å². The van der Waals surface area contributed by atoms with Crippen molar-refractivity contribution in [3.63, 3.8) is 0 Å². The van der Waals surface area contributed by atoms with Crippen molar-refractivity contribution in [2.24, 2.45) is 0 Å². The van der Waals surface area contributed by atoms with Crippen LogP contribution in [0.3, 0.4) is 0 Å². The van der Waals surface area contributed by atoms with E-state index >= 15 is 0 Å². The number of nitrogens with zero attached hydrogens (tertiary/aromatic N) is 1. The summed E-state index contributed by atoms with van der Waals surface area (Å²) in [6, 6.07) is 14.4. The van der Waals surface area contributed by atoms with Crippen LogP contribution in [0.4, 0.5) is 0 Å². The van der Waals surface area contributed by atoms with Gasteiger partial charge in [0, 0.05) is 9.79 Å². The second-order valence-corrected chi connectivity index (χ2v) is 7.09. The van der Waals surface area contributed by atoms with E-state index in [9.17, 15) is 16.8 Å². The summed E-state index contributed by atoms with van der Waals surface area (Å²) >= 11 is 0. The van der Waals surface area contributed by atoms with Crippen LogP contribution >= 0.6 is 0 Å². The summed E-state index contributed by atoms with van der Waals surface area (Å²) in [6.45, 7) is 0. The molecule has 0 aliphatic heterocycles. The van der Waals surface area contributed by atoms with Crippen LogP contribution in [0.15, 0.2) is 70.5 Å². The Morgan fingerprint density at radius 3 is 1.20 bits per heavy atom. The van der Waals surface area contributed by atoms with E-state index in [1.807, 2.05) is 0 Å². The third-order valence-corrected chi connectivity index (χ3v) is 5.58. The van der Waals surface area contributed by atoms with Gasteiger partial charge < -0.3 is 4.13 Å². The van der Waals surface area contributed by atoms with Crippen molar-refractivity contribution >= 4 is 20.0 Å². The van der Waals surface area contributed by atoms with E-state index in [0.717, 1.165) is 0 Å². The van der Waals surface area contributed by atoms with Crippen molar-refractivity contribution in [2.45, 2.75) is 9.79 Å². The van der Waals surface area contributed by atoms with Crippen LogP contribution in [-0.2, 0) is 20.0 Å². The van der Waals surface area contributed by atoms with Gasteiger partial charge >= 0.3 is 29.6 Å². The van der Waals surface area contributed by atoms with Crippen LogP contribution in [0.1, 0.15) is 0 Å². The van der Waals surface area contributed by atoms with Gasteiger partial charge in [-0.1, -0.05) is 36.4 Å². The minimum Gasteiger partial charge on any atom is -0.428 e. The fourth-order valence-corrected chi connectivity index (χ4v) is 4.12. The summed E-state index contributed by atoms with van der Waals surface area (Å²) in [5.41, 5.74) is 0. The van der Waals surface area contributed by atoms with Gasteiger partial charge in [-0.3, -0.25) is 0 Å². The molecule has 0 spiro atoms. The van der Waals surface area contributed by atoms with Gasteiger partial charge in [-0.25, -0.2) is 16.8 Å². The van der Waals surface area contributed by atoms with Gasteiger partial charge in [-0.15, -0.1) is 0 Å². The maximum Gasteiger partial charge on any atom is 1.00 e.